The molecule has 0 radical (unpaired) electrons. The number of nitrogens with zero attached hydrogens (tertiary/aromatic N) is 2. The average Bonchev–Trinajstić information content (AvgIpc) is 3.19. The first-order chi connectivity index (χ1) is 25.6. The molecule has 246 valence electrons. The Labute approximate surface area is 301 Å². The normalized spacial score (nSPS) is 17.9. The molecule has 1 aliphatic heterocycles. The molecule has 2 aliphatic carbocycles. The van der Waals surface area contributed by atoms with Crippen LogP contribution in [-0.2, 0) is 4.79 Å². The molecule has 0 amide bonds. The SMILES string of the molecule is O=C1C=Cc2ccccc2/C1=C1/C(=N/C=C2\C=CC=C(C=Nc3ccc4ccccc4c3-c3c(O)ccc4ccccc34)N2)C=Cc2ccccc21. The Balaban J connectivity index is 1.08. The number of allylic oxidation sites excluding steroid dienone is 8. The van der Waals surface area contributed by atoms with E-state index in [0.29, 0.717) is 11.3 Å². The minimum absolute atomic E-state index is 0.0406. The van der Waals surface area contributed by atoms with Crippen molar-refractivity contribution in [2.24, 2.45) is 9.98 Å². The molecule has 6 aromatic carbocycles. The quantitative estimate of drug-likeness (QED) is 0.145. The predicted molar refractivity (Wildman–Crippen MR) is 215 cm³/mol. The van der Waals surface area contributed by atoms with Crippen molar-refractivity contribution in [3.63, 3.8) is 0 Å². The van der Waals surface area contributed by atoms with Crippen molar-refractivity contribution in [1.82, 2.24) is 5.32 Å². The van der Waals surface area contributed by atoms with Gasteiger partial charge in [0.25, 0.3) is 0 Å². The fraction of sp³-hybridized carbons (Fsp3) is 0. The first-order valence-corrected chi connectivity index (χ1v) is 17.2. The largest absolute Gasteiger partial charge is 0.507 e. The highest BCUT2D eigenvalue weighted by atomic mass is 16.3. The second kappa shape index (κ2) is 13.0. The van der Waals surface area contributed by atoms with Gasteiger partial charge in [0.1, 0.15) is 5.75 Å². The molecule has 52 heavy (non-hydrogen) atoms. The Hall–Kier alpha value is -7.11. The van der Waals surface area contributed by atoms with Gasteiger partial charge in [-0.05, 0) is 80.2 Å². The average molecular weight is 670 g/mol. The van der Waals surface area contributed by atoms with Crippen LogP contribution in [0.3, 0.4) is 0 Å². The topological polar surface area (TPSA) is 74.0 Å². The lowest BCUT2D eigenvalue weighted by molar-refractivity contribution is -0.109. The van der Waals surface area contributed by atoms with Gasteiger partial charge in [-0.1, -0.05) is 127 Å². The summed E-state index contributed by atoms with van der Waals surface area (Å²) in [6.45, 7) is 0. The fourth-order valence-corrected chi connectivity index (χ4v) is 7.23. The first-order valence-electron chi connectivity index (χ1n) is 17.2. The van der Waals surface area contributed by atoms with Crippen LogP contribution in [0, 0.1) is 0 Å². The summed E-state index contributed by atoms with van der Waals surface area (Å²) >= 11 is 0. The van der Waals surface area contributed by atoms with E-state index in [1.165, 1.54) is 0 Å². The molecule has 0 fully saturated rings. The molecule has 0 atom stereocenters. The van der Waals surface area contributed by atoms with E-state index in [1.54, 1.807) is 24.6 Å². The molecule has 0 saturated heterocycles. The lowest BCUT2D eigenvalue weighted by atomic mass is 9.81. The number of dihydropyridines is 1. The third kappa shape index (κ3) is 5.51. The highest BCUT2D eigenvalue weighted by Crippen LogP contribution is 2.45. The van der Waals surface area contributed by atoms with E-state index in [0.717, 1.165) is 77.6 Å². The van der Waals surface area contributed by atoms with E-state index in [-0.39, 0.29) is 11.5 Å². The van der Waals surface area contributed by atoms with Crippen molar-refractivity contribution in [3.05, 3.63) is 192 Å². The predicted octanol–water partition coefficient (Wildman–Crippen LogP) is 10.6. The van der Waals surface area contributed by atoms with E-state index in [4.69, 9.17) is 9.98 Å². The summed E-state index contributed by atoms with van der Waals surface area (Å²) in [7, 11) is 0. The number of nitrogens with one attached hydrogen (secondary N) is 1. The number of phenolic OH excluding ortho intramolecular Hbond substituents is 1. The summed E-state index contributed by atoms with van der Waals surface area (Å²) in [4.78, 5) is 23.5. The van der Waals surface area contributed by atoms with E-state index in [9.17, 15) is 9.90 Å². The van der Waals surface area contributed by atoms with E-state index in [2.05, 4.69) is 35.6 Å². The zero-order valence-electron chi connectivity index (χ0n) is 28.0. The summed E-state index contributed by atoms with van der Waals surface area (Å²) in [5.74, 6) is 0.165. The zero-order chi connectivity index (χ0) is 35.0. The van der Waals surface area contributed by atoms with Crippen LogP contribution in [0.15, 0.2) is 179 Å². The number of phenols is 1. The molecule has 1 heterocycles. The summed E-state index contributed by atoms with van der Waals surface area (Å²) in [5, 5.41) is 18.8. The highest BCUT2D eigenvalue weighted by molar-refractivity contribution is 6.48. The van der Waals surface area contributed by atoms with Crippen LogP contribution in [0.25, 0.3) is 56.0 Å². The zero-order valence-corrected chi connectivity index (χ0v) is 28.0. The molecular weight excluding hydrogens is 639 g/mol. The smallest absolute Gasteiger partial charge is 0.187 e. The van der Waals surface area contributed by atoms with Gasteiger partial charge in [-0.3, -0.25) is 14.8 Å². The Morgan fingerprint density at radius 3 is 2.00 bits per heavy atom. The van der Waals surface area contributed by atoms with Crippen molar-refractivity contribution in [2.45, 2.75) is 0 Å². The molecule has 0 spiro atoms. The first kappa shape index (κ1) is 30.9. The van der Waals surface area contributed by atoms with Gasteiger partial charge in [0.15, 0.2) is 5.78 Å². The van der Waals surface area contributed by atoms with E-state index < -0.39 is 0 Å². The number of hydrogen-bond donors (Lipinski definition) is 2. The maximum Gasteiger partial charge on any atom is 0.187 e. The number of benzene rings is 6. The van der Waals surface area contributed by atoms with E-state index in [1.807, 2.05) is 121 Å². The van der Waals surface area contributed by atoms with Gasteiger partial charge in [0, 0.05) is 22.3 Å². The van der Waals surface area contributed by atoms with Gasteiger partial charge in [-0.2, -0.15) is 0 Å². The van der Waals surface area contributed by atoms with Crippen LogP contribution < -0.4 is 5.32 Å². The number of aromatic hydroxyl groups is 1. The summed E-state index contributed by atoms with van der Waals surface area (Å²) in [6, 6.07) is 40.1. The minimum Gasteiger partial charge on any atom is -0.507 e. The van der Waals surface area contributed by atoms with Crippen LogP contribution >= 0.6 is 0 Å². The molecule has 6 aromatic rings. The number of carbonyl (C=O) groups excluding carboxylic acids is 1. The van der Waals surface area contributed by atoms with E-state index >= 15 is 0 Å². The van der Waals surface area contributed by atoms with Crippen molar-refractivity contribution in [3.8, 4) is 16.9 Å². The summed E-state index contributed by atoms with van der Waals surface area (Å²) in [6.07, 6.45) is 17.0. The molecule has 3 aliphatic rings. The maximum absolute atomic E-state index is 13.5. The highest BCUT2D eigenvalue weighted by Gasteiger charge is 2.27. The molecule has 0 saturated carbocycles. The van der Waals surface area contributed by atoms with Crippen LogP contribution in [0.5, 0.6) is 5.75 Å². The van der Waals surface area contributed by atoms with Gasteiger partial charge < -0.3 is 10.4 Å². The Morgan fingerprint density at radius 1 is 0.596 bits per heavy atom. The van der Waals surface area contributed by atoms with Gasteiger partial charge >= 0.3 is 0 Å². The Bertz CT molecular complexity index is 2740. The van der Waals surface area contributed by atoms with Crippen molar-refractivity contribution in [1.29, 1.82) is 0 Å². The number of ketones is 1. The van der Waals surface area contributed by atoms with Crippen molar-refractivity contribution < 1.29 is 9.90 Å². The van der Waals surface area contributed by atoms with Crippen LogP contribution in [0.2, 0.25) is 0 Å². The van der Waals surface area contributed by atoms with Crippen molar-refractivity contribution in [2.75, 3.05) is 0 Å². The summed E-state index contributed by atoms with van der Waals surface area (Å²) < 4.78 is 0. The minimum atomic E-state index is -0.0406. The third-order valence-electron chi connectivity index (χ3n) is 9.64. The fourth-order valence-electron chi connectivity index (χ4n) is 7.23. The number of hydrogen-bond acceptors (Lipinski definition) is 5. The van der Waals surface area contributed by atoms with Crippen LogP contribution in [-0.4, -0.2) is 22.8 Å². The molecule has 0 bridgehead atoms. The third-order valence-corrected chi connectivity index (χ3v) is 9.64. The van der Waals surface area contributed by atoms with Crippen LogP contribution in [0.4, 0.5) is 5.69 Å². The molecule has 0 unspecified atom stereocenters. The number of fused-ring (bicyclic) bond motifs is 4. The van der Waals surface area contributed by atoms with Gasteiger partial charge in [-0.25, -0.2) is 0 Å². The van der Waals surface area contributed by atoms with Crippen molar-refractivity contribution >= 4 is 68.2 Å². The monoisotopic (exact) mass is 669 g/mol. The number of rotatable bonds is 4. The molecule has 9 rings (SSSR count). The number of carbonyl (C=O) groups is 1. The summed E-state index contributed by atoms with van der Waals surface area (Å²) in [5.41, 5.74) is 10.00. The van der Waals surface area contributed by atoms with Gasteiger partial charge in [0.05, 0.1) is 35.2 Å². The molecule has 2 N–H and O–H groups in total. The molecule has 5 nitrogen and oxygen atoms in total. The lowest BCUT2D eigenvalue weighted by Gasteiger charge is -2.22. The second-order valence-corrected chi connectivity index (χ2v) is 12.8. The van der Waals surface area contributed by atoms with Gasteiger partial charge in [-0.15, -0.1) is 0 Å². The van der Waals surface area contributed by atoms with Crippen LogP contribution in [0.1, 0.15) is 22.3 Å². The lowest BCUT2D eigenvalue weighted by Crippen LogP contribution is -2.16. The van der Waals surface area contributed by atoms with Gasteiger partial charge in [0.2, 0.25) is 0 Å². The molecule has 5 heteroatoms. The maximum atomic E-state index is 13.5. The molecule has 0 aromatic heterocycles. The Kier molecular flexibility index (Phi) is 7.71. The number of aliphatic imine (C=N–C) groups is 2. The second-order valence-electron chi connectivity index (χ2n) is 12.8. The standard InChI is InChI=1S/C47H31N3O2/c51-42-26-22-32-12-3-7-18-38(32)46(42)44-36-16-5-1-10-30(36)20-24-40(44)48-28-34-14-9-15-35(50-34)29-49-41-25-21-31-11-2-6-17-37(31)45(41)47-39-19-8-4-13-33(39)23-27-43(47)52/h1-29,50-51H/b35-29+,47-45-,48-28?,49-41+. The molecular formula is C47H31N3O2. The Morgan fingerprint density at radius 2 is 1.23 bits per heavy atom.